The molecule has 2 N–H and O–H groups in total. The molecule has 4 heteroatoms. The van der Waals surface area contributed by atoms with Gasteiger partial charge in [0.15, 0.2) is 0 Å². The van der Waals surface area contributed by atoms with Crippen molar-refractivity contribution in [3.63, 3.8) is 0 Å². The second-order valence-electron chi connectivity index (χ2n) is 5.24. The topological polar surface area (TPSA) is 58.6 Å². The van der Waals surface area contributed by atoms with Crippen molar-refractivity contribution < 1.29 is 14.6 Å². The third-order valence-electron chi connectivity index (χ3n) is 3.94. The molecule has 1 aliphatic heterocycles. The molecule has 2 rings (SSSR count). The van der Waals surface area contributed by atoms with Crippen LogP contribution in [0.2, 0.25) is 0 Å². The molecule has 0 spiro atoms. The fourth-order valence-corrected chi connectivity index (χ4v) is 2.65. The molecule has 102 valence electrons. The van der Waals surface area contributed by atoms with Crippen LogP contribution in [0.25, 0.3) is 0 Å². The minimum atomic E-state index is -0.433. The number of hydrogen-bond donors (Lipinski definition) is 2. The summed E-state index contributed by atoms with van der Waals surface area (Å²) in [7, 11) is 0. The van der Waals surface area contributed by atoms with Crippen molar-refractivity contribution in [1.29, 1.82) is 0 Å². The van der Waals surface area contributed by atoms with Crippen LogP contribution in [-0.4, -0.2) is 36.9 Å². The van der Waals surface area contributed by atoms with Gasteiger partial charge in [0.05, 0.1) is 6.10 Å². The fourth-order valence-electron chi connectivity index (χ4n) is 2.65. The normalized spacial score (nSPS) is 26.8. The Kier molecular flexibility index (Phi) is 5.20. The molecule has 1 amide bonds. The van der Waals surface area contributed by atoms with Crippen molar-refractivity contribution in [2.45, 2.75) is 38.2 Å². The zero-order chi connectivity index (χ0) is 12.8. The average Bonchev–Trinajstić information content (AvgIpc) is 2.46. The van der Waals surface area contributed by atoms with Gasteiger partial charge in [-0.25, -0.2) is 0 Å². The van der Waals surface area contributed by atoms with Crippen LogP contribution in [0.3, 0.4) is 0 Å². The van der Waals surface area contributed by atoms with Crippen LogP contribution in [0.5, 0.6) is 0 Å². The number of aliphatic hydroxyl groups excluding tert-OH is 1. The average molecular weight is 253 g/mol. The standard InChI is InChI=1S/C14H23NO3/c16-13(11-6-8-18-9-7-11)10-15-14(17)12-4-2-1-3-5-12/h1-2,11-13,16H,3-10H2,(H,15,17)/t12-,13+/m1/s1. The Balaban J connectivity index is 1.69. The van der Waals surface area contributed by atoms with Crippen molar-refractivity contribution in [3.05, 3.63) is 12.2 Å². The largest absolute Gasteiger partial charge is 0.391 e. The Morgan fingerprint density at radius 3 is 2.78 bits per heavy atom. The molecule has 2 atom stereocenters. The van der Waals surface area contributed by atoms with E-state index in [0.29, 0.717) is 6.54 Å². The van der Waals surface area contributed by atoms with E-state index in [-0.39, 0.29) is 17.7 Å². The number of carbonyl (C=O) groups excluding carboxylic acids is 1. The van der Waals surface area contributed by atoms with Gasteiger partial charge in [0, 0.05) is 25.7 Å². The monoisotopic (exact) mass is 253 g/mol. The molecule has 0 saturated carbocycles. The number of carbonyl (C=O) groups is 1. The summed E-state index contributed by atoms with van der Waals surface area (Å²) in [6.07, 6.45) is 8.29. The zero-order valence-electron chi connectivity index (χ0n) is 10.8. The molecular formula is C14H23NO3. The van der Waals surface area contributed by atoms with Gasteiger partial charge in [-0.1, -0.05) is 12.2 Å². The molecule has 0 aromatic carbocycles. The number of allylic oxidation sites excluding steroid dienone is 2. The number of amides is 1. The van der Waals surface area contributed by atoms with E-state index in [1.165, 1.54) is 0 Å². The predicted octanol–water partition coefficient (Wildman–Crippen LogP) is 1.25. The quantitative estimate of drug-likeness (QED) is 0.741. The van der Waals surface area contributed by atoms with Crippen molar-refractivity contribution >= 4 is 5.91 Å². The summed E-state index contributed by atoms with van der Waals surface area (Å²) in [5, 5.41) is 12.9. The van der Waals surface area contributed by atoms with E-state index >= 15 is 0 Å². The smallest absolute Gasteiger partial charge is 0.223 e. The molecule has 4 nitrogen and oxygen atoms in total. The molecule has 0 unspecified atom stereocenters. The van der Waals surface area contributed by atoms with Gasteiger partial charge in [-0.3, -0.25) is 4.79 Å². The van der Waals surface area contributed by atoms with Crippen LogP contribution in [0.15, 0.2) is 12.2 Å². The summed E-state index contributed by atoms with van der Waals surface area (Å²) in [6.45, 7) is 1.83. The first-order valence-corrected chi connectivity index (χ1v) is 6.96. The van der Waals surface area contributed by atoms with Crippen LogP contribution in [0, 0.1) is 11.8 Å². The van der Waals surface area contributed by atoms with E-state index in [9.17, 15) is 9.90 Å². The van der Waals surface area contributed by atoms with Crippen molar-refractivity contribution in [2.75, 3.05) is 19.8 Å². The van der Waals surface area contributed by atoms with Crippen LogP contribution < -0.4 is 5.32 Å². The molecule has 2 aliphatic rings. The first-order chi connectivity index (χ1) is 8.77. The van der Waals surface area contributed by atoms with E-state index in [1.54, 1.807) is 0 Å². The molecule has 1 aliphatic carbocycles. The van der Waals surface area contributed by atoms with Gasteiger partial charge >= 0.3 is 0 Å². The summed E-state index contributed by atoms with van der Waals surface area (Å²) < 4.78 is 5.26. The maximum atomic E-state index is 11.9. The number of hydrogen-bond acceptors (Lipinski definition) is 3. The SMILES string of the molecule is O=C(NC[C@H](O)C1CCOCC1)[C@@H]1CC=CCC1. The lowest BCUT2D eigenvalue weighted by Gasteiger charge is -2.27. The molecule has 18 heavy (non-hydrogen) atoms. The van der Waals surface area contributed by atoms with Gasteiger partial charge < -0.3 is 15.2 Å². The highest BCUT2D eigenvalue weighted by atomic mass is 16.5. The lowest BCUT2D eigenvalue weighted by atomic mass is 9.92. The molecule has 1 fully saturated rings. The van der Waals surface area contributed by atoms with Crippen molar-refractivity contribution in [2.24, 2.45) is 11.8 Å². The Hall–Kier alpha value is -0.870. The highest BCUT2D eigenvalue weighted by molar-refractivity contribution is 5.78. The number of aliphatic hydroxyl groups is 1. The maximum Gasteiger partial charge on any atom is 0.223 e. The summed E-state index contributed by atoms with van der Waals surface area (Å²) >= 11 is 0. The van der Waals surface area contributed by atoms with Gasteiger partial charge in [-0.2, -0.15) is 0 Å². The number of ether oxygens (including phenoxy) is 1. The van der Waals surface area contributed by atoms with Crippen LogP contribution in [0.1, 0.15) is 32.1 Å². The summed E-state index contributed by atoms with van der Waals surface area (Å²) in [4.78, 5) is 11.9. The lowest BCUT2D eigenvalue weighted by molar-refractivity contribution is -0.126. The minimum Gasteiger partial charge on any atom is -0.391 e. The lowest BCUT2D eigenvalue weighted by Crippen LogP contribution is -2.40. The molecule has 0 aromatic heterocycles. The molecule has 0 aromatic rings. The maximum absolute atomic E-state index is 11.9. The van der Waals surface area contributed by atoms with Crippen LogP contribution >= 0.6 is 0 Å². The first kappa shape index (κ1) is 13.6. The van der Waals surface area contributed by atoms with E-state index < -0.39 is 6.10 Å². The van der Waals surface area contributed by atoms with Gasteiger partial charge in [-0.15, -0.1) is 0 Å². The van der Waals surface area contributed by atoms with Gasteiger partial charge in [0.1, 0.15) is 0 Å². The third kappa shape index (κ3) is 3.82. The summed E-state index contributed by atoms with van der Waals surface area (Å²) in [5.74, 6) is 0.452. The second kappa shape index (κ2) is 6.90. The summed E-state index contributed by atoms with van der Waals surface area (Å²) in [5.41, 5.74) is 0. The minimum absolute atomic E-state index is 0.0884. The Morgan fingerprint density at radius 1 is 1.33 bits per heavy atom. The van der Waals surface area contributed by atoms with Crippen LogP contribution in [0.4, 0.5) is 0 Å². The molecule has 1 saturated heterocycles. The summed E-state index contributed by atoms with van der Waals surface area (Å²) in [6, 6.07) is 0. The van der Waals surface area contributed by atoms with Crippen molar-refractivity contribution in [3.8, 4) is 0 Å². The van der Waals surface area contributed by atoms with Crippen molar-refractivity contribution in [1.82, 2.24) is 5.32 Å². The Morgan fingerprint density at radius 2 is 2.11 bits per heavy atom. The first-order valence-electron chi connectivity index (χ1n) is 6.96. The highest BCUT2D eigenvalue weighted by Crippen LogP contribution is 2.20. The molecule has 0 bridgehead atoms. The molecule has 0 radical (unpaired) electrons. The van der Waals surface area contributed by atoms with Gasteiger partial charge in [0.2, 0.25) is 5.91 Å². The van der Waals surface area contributed by atoms with E-state index in [2.05, 4.69) is 17.5 Å². The third-order valence-corrected chi connectivity index (χ3v) is 3.94. The highest BCUT2D eigenvalue weighted by Gasteiger charge is 2.24. The number of rotatable bonds is 4. The Labute approximate surface area is 108 Å². The Bertz CT molecular complexity index is 297. The van der Waals surface area contributed by atoms with Crippen LogP contribution in [-0.2, 0) is 9.53 Å². The van der Waals surface area contributed by atoms with Gasteiger partial charge in [-0.05, 0) is 38.0 Å². The van der Waals surface area contributed by atoms with E-state index in [1.807, 2.05) is 0 Å². The fraction of sp³-hybridized carbons (Fsp3) is 0.786. The molecular weight excluding hydrogens is 230 g/mol. The van der Waals surface area contributed by atoms with E-state index in [0.717, 1.165) is 45.3 Å². The molecule has 1 heterocycles. The predicted molar refractivity (Wildman–Crippen MR) is 69.0 cm³/mol. The van der Waals surface area contributed by atoms with Gasteiger partial charge in [0.25, 0.3) is 0 Å². The zero-order valence-corrected chi connectivity index (χ0v) is 10.8. The van der Waals surface area contributed by atoms with E-state index in [4.69, 9.17) is 4.74 Å². The number of nitrogens with one attached hydrogen (secondary N) is 1. The second-order valence-corrected chi connectivity index (χ2v) is 5.24.